The van der Waals surface area contributed by atoms with E-state index < -0.39 is 0 Å². The lowest BCUT2D eigenvalue weighted by molar-refractivity contribution is 0.244. The number of rotatable bonds is 4. The molecular weight excluding hydrogens is 264 g/mol. The summed E-state index contributed by atoms with van der Waals surface area (Å²) in [4.78, 5) is 6.96. The van der Waals surface area contributed by atoms with Crippen molar-refractivity contribution in [3.8, 4) is 0 Å². The Morgan fingerprint density at radius 1 is 1.24 bits per heavy atom. The second-order valence-electron chi connectivity index (χ2n) is 5.78. The number of hydrogen-bond donors (Lipinski definition) is 2. The topological polar surface area (TPSA) is 56.6 Å². The number of fused-ring (bicyclic) bond motifs is 1. The summed E-state index contributed by atoms with van der Waals surface area (Å²) < 4.78 is 0. The van der Waals surface area contributed by atoms with Gasteiger partial charge in [-0.05, 0) is 36.6 Å². The zero-order valence-electron chi connectivity index (χ0n) is 12.2. The number of aliphatic hydroxyl groups is 2. The summed E-state index contributed by atoms with van der Waals surface area (Å²) >= 11 is 0. The van der Waals surface area contributed by atoms with Crippen LogP contribution in [-0.2, 0) is 6.61 Å². The van der Waals surface area contributed by atoms with E-state index in [0.717, 1.165) is 42.5 Å². The summed E-state index contributed by atoms with van der Waals surface area (Å²) in [7, 11) is 0. The van der Waals surface area contributed by atoms with Gasteiger partial charge in [0.2, 0.25) is 0 Å². The smallest absolute Gasteiger partial charge is 0.136 e. The van der Waals surface area contributed by atoms with Crippen LogP contribution < -0.4 is 4.90 Å². The third-order valence-electron chi connectivity index (χ3n) is 4.29. The van der Waals surface area contributed by atoms with E-state index >= 15 is 0 Å². The number of hydrogen-bond acceptors (Lipinski definition) is 4. The van der Waals surface area contributed by atoms with Crippen LogP contribution in [0.1, 0.15) is 25.0 Å². The molecule has 0 bridgehead atoms. The molecule has 0 spiro atoms. The summed E-state index contributed by atoms with van der Waals surface area (Å²) in [6.45, 7) is 2.15. The molecule has 4 nitrogen and oxygen atoms in total. The molecule has 0 amide bonds. The highest BCUT2D eigenvalue weighted by Gasteiger charge is 2.22. The highest BCUT2D eigenvalue weighted by Crippen LogP contribution is 2.30. The van der Waals surface area contributed by atoms with Gasteiger partial charge in [0.1, 0.15) is 5.82 Å². The molecule has 2 N–H and O–H groups in total. The third kappa shape index (κ3) is 3.01. The van der Waals surface area contributed by atoms with Crippen molar-refractivity contribution < 1.29 is 10.2 Å². The summed E-state index contributed by atoms with van der Waals surface area (Å²) in [5.74, 6) is 1.50. The van der Waals surface area contributed by atoms with Gasteiger partial charge in [-0.1, -0.05) is 24.3 Å². The van der Waals surface area contributed by atoms with Crippen LogP contribution >= 0.6 is 0 Å². The SMILES string of the molecule is OCCC1CCCN(c2nc(CO)cc3ccccc23)C1. The number of piperidine rings is 1. The van der Waals surface area contributed by atoms with E-state index in [2.05, 4.69) is 22.0 Å². The summed E-state index contributed by atoms with van der Waals surface area (Å²) in [6.07, 6.45) is 3.16. The van der Waals surface area contributed by atoms with Gasteiger partial charge in [0.15, 0.2) is 0 Å². The largest absolute Gasteiger partial charge is 0.396 e. The van der Waals surface area contributed by atoms with Crippen molar-refractivity contribution in [2.24, 2.45) is 5.92 Å². The van der Waals surface area contributed by atoms with Crippen molar-refractivity contribution in [3.05, 3.63) is 36.0 Å². The number of aromatic nitrogens is 1. The highest BCUT2D eigenvalue weighted by molar-refractivity contribution is 5.92. The minimum Gasteiger partial charge on any atom is -0.396 e. The van der Waals surface area contributed by atoms with Crippen LogP contribution in [0.3, 0.4) is 0 Å². The fourth-order valence-corrected chi connectivity index (χ4v) is 3.23. The monoisotopic (exact) mass is 286 g/mol. The molecule has 1 atom stereocenters. The van der Waals surface area contributed by atoms with Crippen LogP contribution in [0.5, 0.6) is 0 Å². The molecule has 3 rings (SSSR count). The second-order valence-corrected chi connectivity index (χ2v) is 5.78. The van der Waals surface area contributed by atoms with E-state index in [1.807, 2.05) is 18.2 Å². The van der Waals surface area contributed by atoms with Crippen molar-refractivity contribution in [2.75, 3.05) is 24.6 Å². The summed E-state index contributed by atoms with van der Waals surface area (Å²) in [5, 5.41) is 20.9. The molecule has 1 aromatic carbocycles. The van der Waals surface area contributed by atoms with Gasteiger partial charge in [-0.2, -0.15) is 0 Å². The average Bonchev–Trinajstić information content (AvgIpc) is 2.54. The number of nitrogens with zero attached hydrogens (tertiary/aromatic N) is 2. The Balaban J connectivity index is 1.98. The molecule has 1 saturated heterocycles. The number of aliphatic hydroxyl groups excluding tert-OH is 2. The van der Waals surface area contributed by atoms with Crippen LogP contribution in [0, 0.1) is 5.92 Å². The molecule has 0 aliphatic carbocycles. The van der Waals surface area contributed by atoms with Gasteiger partial charge < -0.3 is 15.1 Å². The molecule has 1 aromatic heterocycles. The predicted molar refractivity (Wildman–Crippen MR) is 84.3 cm³/mol. The highest BCUT2D eigenvalue weighted by atomic mass is 16.3. The Labute approximate surface area is 125 Å². The minimum atomic E-state index is -0.0360. The molecule has 2 aromatic rings. The van der Waals surface area contributed by atoms with Gasteiger partial charge in [-0.15, -0.1) is 0 Å². The molecular formula is C17H22N2O2. The first kappa shape index (κ1) is 14.3. The summed E-state index contributed by atoms with van der Waals surface area (Å²) in [5.41, 5.74) is 0.716. The molecule has 1 unspecified atom stereocenters. The first-order valence-electron chi connectivity index (χ1n) is 7.67. The van der Waals surface area contributed by atoms with Gasteiger partial charge in [-0.3, -0.25) is 0 Å². The third-order valence-corrected chi connectivity index (χ3v) is 4.29. The maximum absolute atomic E-state index is 9.44. The van der Waals surface area contributed by atoms with Gasteiger partial charge in [-0.25, -0.2) is 4.98 Å². The quantitative estimate of drug-likeness (QED) is 0.905. The lowest BCUT2D eigenvalue weighted by Crippen LogP contribution is -2.36. The Hall–Kier alpha value is -1.65. The van der Waals surface area contributed by atoms with Crippen LogP contribution in [0.4, 0.5) is 5.82 Å². The van der Waals surface area contributed by atoms with Gasteiger partial charge in [0.05, 0.1) is 12.3 Å². The molecule has 0 saturated carbocycles. The lowest BCUT2D eigenvalue weighted by atomic mass is 9.95. The fraction of sp³-hybridized carbons (Fsp3) is 0.471. The Bertz CT molecular complexity index is 613. The molecule has 21 heavy (non-hydrogen) atoms. The molecule has 0 radical (unpaired) electrons. The standard InChI is InChI=1S/C17H22N2O2/c20-9-7-13-4-3-8-19(11-13)17-16-6-2-1-5-14(16)10-15(12-21)18-17/h1-2,5-6,10,13,20-21H,3-4,7-9,11-12H2. The van der Waals surface area contributed by atoms with Crippen molar-refractivity contribution in [2.45, 2.75) is 25.9 Å². The zero-order valence-corrected chi connectivity index (χ0v) is 12.2. The number of pyridine rings is 1. The van der Waals surface area contributed by atoms with Crippen molar-refractivity contribution in [1.29, 1.82) is 0 Å². The van der Waals surface area contributed by atoms with Crippen molar-refractivity contribution in [1.82, 2.24) is 4.98 Å². The van der Waals surface area contributed by atoms with E-state index in [1.165, 1.54) is 6.42 Å². The maximum atomic E-state index is 9.44. The fourth-order valence-electron chi connectivity index (χ4n) is 3.23. The average molecular weight is 286 g/mol. The van der Waals surface area contributed by atoms with E-state index in [-0.39, 0.29) is 13.2 Å². The second kappa shape index (κ2) is 6.41. The summed E-state index contributed by atoms with van der Waals surface area (Å²) in [6, 6.07) is 10.1. The first-order chi connectivity index (χ1) is 10.3. The van der Waals surface area contributed by atoms with Crippen LogP contribution in [0.25, 0.3) is 10.8 Å². The predicted octanol–water partition coefficient (Wildman–Crippen LogP) is 2.33. The molecule has 112 valence electrons. The molecule has 1 aliphatic rings. The Kier molecular flexibility index (Phi) is 4.36. The van der Waals surface area contributed by atoms with E-state index in [1.54, 1.807) is 0 Å². The van der Waals surface area contributed by atoms with E-state index in [0.29, 0.717) is 11.6 Å². The van der Waals surface area contributed by atoms with E-state index in [4.69, 9.17) is 5.11 Å². The van der Waals surface area contributed by atoms with Gasteiger partial charge >= 0.3 is 0 Å². The van der Waals surface area contributed by atoms with Crippen LogP contribution in [0.15, 0.2) is 30.3 Å². The number of benzene rings is 1. The van der Waals surface area contributed by atoms with Crippen molar-refractivity contribution in [3.63, 3.8) is 0 Å². The molecule has 2 heterocycles. The van der Waals surface area contributed by atoms with Crippen molar-refractivity contribution >= 4 is 16.6 Å². The minimum absolute atomic E-state index is 0.0360. The Morgan fingerprint density at radius 3 is 2.90 bits per heavy atom. The molecule has 4 heteroatoms. The van der Waals surface area contributed by atoms with Gasteiger partial charge in [0, 0.05) is 25.1 Å². The normalized spacial score (nSPS) is 19.1. The Morgan fingerprint density at radius 2 is 2.10 bits per heavy atom. The maximum Gasteiger partial charge on any atom is 0.136 e. The van der Waals surface area contributed by atoms with Crippen LogP contribution in [-0.4, -0.2) is 34.9 Å². The van der Waals surface area contributed by atoms with Gasteiger partial charge in [0.25, 0.3) is 0 Å². The van der Waals surface area contributed by atoms with Crippen LogP contribution in [0.2, 0.25) is 0 Å². The van der Waals surface area contributed by atoms with E-state index in [9.17, 15) is 5.11 Å². The lowest BCUT2D eigenvalue weighted by Gasteiger charge is -2.34. The molecule has 1 aliphatic heterocycles. The zero-order chi connectivity index (χ0) is 14.7. The molecule has 1 fully saturated rings. The number of anilines is 1. The first-order valence-corrected chi connectivity index (χ1v) is 7.67.